The first kappa shape index (κ1) is 14.7. The van der Waals surface area contributed by atoms with Crippen LogP contribution in [0.25, 0.3) is 0 Å². The number of rotatable bonds is 5. The zero-order valence-electron chi connectivity index (χ0n) is 12.5. The third-order valence-corrected chi connectivity index (χ3v) is 3.87. The zero-order chi connectivity index (χ0) is 14.0. The van der Waals surface area contributed by atoms with Gasteiger partial charge in [-0.3, -0.25) is 0 Å². The van der Waals surface area contributed by atoms with Gasteiger partial charge in [0.05, 0.1) is 0 Å². The summed E-state index contributed by atoms with van der Waals surface area (Å²) in [5.41, 5.74) is 2.50. The van der Waals surface area contributed by atoms with Crippen LogP contribution in [0.5, 0.6) is 0 Å². The van der Waals surface area contributed by atoms with Crippen molar-refractivity contribution in [2.75, 3.05) is 18.5 Å². The van der Waals surface area contributed by atoms with E-state index in [9.17, 15) is 0 Å². The standard InChI is InChI=1S/C16H25ClN2/c1-16(2,3)18-10-13-7-8-14(9-15(13)17)19(4)11-12-5-6-12/h7-9,12,18H,5-6,10-11H2,1-4H3. The summed E-state index contributed by atoms with van der Waals surface area (Å²) in [6.07, 6.45) is 2.76. The summed E-state index contributed by atoms with van der Waals surface area (Å²) in [7, 11) is 2.15. The highest BCUT2D eigenvalue weighted by atomic mass is 35.5. The monoisotopic (exact) mass is 280 g/mol. The van der Waals surface area contributed by atoms with Crippen molar-refractivity contribution < 1.29 is 0 Å². The van der Waals surface area contributed by atoms with Gasteiger partial charge in [0.1, 0.15) is 0 Å². The second-order valence-corrected chi connectivity index (χ2v) is 7.11. The van der Waals surface area contributed by atoms with Crippen LogP contribution in [0.2, 0.25) is 5.02 Å². The Labute approximate surface area is 122 Å². The predicted octanol–water partition coefficient (Wildman–Crippen LogP) is 4.07. The lowest BCUT2D eigenvalue weighted by molar-refractivity contribution is 0.424. The van der Waals surface area contributed by atoms with Crippen LogP contribution in [-0.2, 0) is 6.54 Å². The molecule has 0 heterocycles. The van der Waals surface area contributed by atoms with Crippen molar-refractivity contribution >= 4 is 17.3 Å². The minimum Gasteiger partial charge on any atom is -0.374 e. The minimum absolute atomic E-state index is 0.116. The second kappa shape index (κ2) is 5.72. The number of hydrogen-bond acceptors (Lipinski definition) is 2. The average molecular weight is 281 g/mol. The van der Waals surface area contributed by atoms with Crippen molar-refractivity contribution in [2.45, 2.75) is 45.7 Å². The molecule has 0 amide bonds. The first-order chi connectivity index (χ1) is 8.85. The quantitative estimate of drug-likeness (QED) is 0.874. The Kier molecular flexibility index (Phi) is 4.42. The van der Waals surface area contributed by atoms with Crippen molar-refractivity contribution in [2.24, 2.45) is 5.92 Å². The van der Waals surface area contributed by atoms with Crippen LogP contribution in [-0.4, -0.2) is 19.1 Å². The Hall–Kier alpha value is -0.730. The van der Waals surface area contributed by atoms with E-state index in [2.05, 4.69) is 56.2 Å². The maximum atomic E-state index is 6.39. The molecule has 0 radical (unpaired) electrons. The van der Waals surface area contributed by atoms with Crippen LogP contribution in [0.15, 0.2) is 18.2 Å². The van der Waals surface area contributed by atoms with E-state index >= 15 is 0 Å². The summed E-state index contributed by atoms with van der Waals surface area (Å²) in [6.45, 7) is 8.46. The lowest BCUT2D eigenvalue weighted by atomic mass is 10.1. The van der Waals surface area contributed by atoms with Gasteiger partial charge in [0, 0.05) is 36.4 Å². The molecule has 0 aliphatic heterocycles. The van der Waals surface area contributed by atoms with Crippen molar-refractivity contribution in [3.63, 3.8) is 0 Å². The number of anilines is 1. The van der Waals surface area contributed by atoms with Crippen LogP contribution in [0, 0.1) is 5.92 Å². The number of benzene rings is 1. The summed E-state index contributed by atoms with van der Waals surface area (Å²) >= 11 is 6.39. The van der Waals surface area contributed by atoms with Crippen molar-refractivity contribution in [3.8, 4) is 0 Å². The Morgan fingerprint density at radius 3 is 2.53 bits per heavy atom. The molecule has 1 aromatic carbocycles. The fourth-order valence-electron chi connectivity index (χ4n) is 2.07. The number of halogens is 1. The highest BCUT2D eigenvalue weighted by Crippen LogP contribution is 2.31. The van der Waals surface area contributed by atoms with Gasteiger partial charge in [-0.25, -0.2) is 0 Å². The van der Waals surface area contributed by atoms with E-state index in [1.807, 2.05) is 0 Å². The highest BCUT2D eigenvalue weighted by Gasteiger charge is 2.23. The van der Waals surface area contributed by atoms with Crippen molar-refractivity contribution in [1.82, 2.24) is 5.32 Å². The molecule has 0 saturated heterocycles. The van der Waals surface area contributed by atoms with Crippen LogP contribution in [0.1, 0.15) is 39.2 Å². The highest BCUT2D eigenvalue weighted by molar-refractivity contribution is 6.31. The molecule has 1 N–H and O–H groups in total. The summed E-state index contributed by atoms with van der Waals surface area (Å²) in [6, 6.07) is 6.40. The zero-order valence-corrected chi connectivity index (χ0v) is 13.2. The molecule has 1 aliphatic rings. The van der Waals surface area contributed by atoms with Gasteiger partial charge in [0.2, 0.25) is 0 Å². The smallest absolute Gasteiger partial charge is 0.0471 e. The van der Waals surface area contributed by atoms with Gasteiger partial charge in [-0.2, -0.15) is 0 Å². The average Bonchev–Trinajstić information content (AvgIpc) is 3.10. The fourth-order valence-corrected chi connectivity index (χ4v) is 2.31. The van der Waals surface area contributed by atoms with Crippen LogP contribution in [0.4, 0.5) is 5.69 Å². The first-order valence-electron chi connectivity index (χ1n) is 7.10. The largest absolute Gasteiger partial charge is 0.374 e. The van der Waals surface area contributed by atoms with E-state index in [0.717, 1.165) is 24.0 Å². The Balaban J connectivity index is 1.99. The van der Waals surface area contributed by atoms with E-state index in [0.29, 0.717) is 0 Å². The van der Waals surface area contributed by atoms with E-state index in [1.165, 1.54) is 24.1 Å². The summed E-state index contributed by atoms with van der Waals surface area (Å²) in [5, 5.41) is 4.33. The Morgan fingerprint density at radius 2 is 2.00 bits per heavy atom. The fraction of sp³-hybridized carbons (Fsp3) is 0.625. The van der Waals surface area contributed by atoms with E-state index in [4.69, 9.17) is 11.6 Å². The van der Waals surface area contributed by atoms with Crippen LogP contribution >= 0.6 is 11.6 Å². The third-order valence-electron chi connectivity index (χ3n) is 3.52. The molecule has 19 heavy (non-hydrogen) atoms. The number of hydrogen-bond donors (Lipinski definition) is 1. The molecular weight excluding hydrogens is 256 g/mol. The summed E-state index contributed by atoms with van der Waals surface area (Å²) in [4.78, 5) is 2.31. The van der Waals surface area contributed by atoms with Gasteiger partial charge < -0.3 is 10.2 Å². The number of nitrogens with one attached hydrogen (secondary N) is 1. The van der Waals surface area contributed by atoms with Gasteiger partial charge >= 0.3 is 0 Å². The van der Waals surface area contributed by atoms with Gasteiger partial charge in [-0.05, 0) is 57.2 Å². The van der Waals surface area contributed by atoms with E-state index in [1.54, 1.807) is 0 Å². The molecule has 1 saturated carbocycles. The van der Waals surface area contributed by atoms with Crippen LogP contribution < -0.4 is 10.2 Å². The summed E-state index contributed by atoms with van der Waals surface area (Å²) < 4.78 is 0. The molecule has 3 heteroatoms. The Morgan fingerprint density at radius 1 is 1.32 bits per heavy atom. The molecule has 106 valence electrons. The molecule has 0 unspecified atom stereocenters. The minimum atomic E-state index is 0.116. The lowest BCUT2D eigenvalue weighted by Crippen LogP contribution is -2.35. The van der Waals surface area contributed by atoms with Gasteiger partial charge in [-0.15, -0.1) is 0 Å². The summed E-state index contributed by atoms with van der Waals surface area (Å²) in [5.74, 6) is 0.894. The molecule has 0 spiro atoms. The normalized spacial score (nSPS) is 15.6. The van der Waals surface area contributed by atoms with Crippen LogP contribution in [0.3, 0.4) is 0 Å². The molecule has 1 aliphatic carbocycles. The third kappa shape index (κ3) is 4.70. The van der Waals surface area contributed by atoms with Gasteiger partial charge in [-0.1, -0.05) is 17.7 Å². The maximum Gasteiger partial charge on any atom is 0.0471 e. The number of nitrogens with zero attached hydrogens (tertiary/aromatic N) is 1. The topological polar surface area (TPSA) is 15.3 Å². The molecular formula is C16H25ClN2. The Bertz CT molecular complexity index is 433. The molecule has 1 aromatic rings. The van der Waals surface area contributed by atoms with Crippen molar-refractivity contribution in [3.05, 3.63) is 28.8 Å². The van der Waals surface area contributed by atoms with Crippen molar-refractivity contribution in [1.29, 1.82) is 0 Å². The second-order valence-electron chi connectivity index (χ2n) is 6.70. The predicted molar refractivity (Wildman–Crippen MR) is 84.0 cm³/mol. The van der Waals surface area contributed by atoms with E-state index in [-0.39, 0.29) is 5.54 Å². The first-order valence-corrected chi connectivity index (χ1v) is 7.47. The van der Waals surface area contributed by atoms with Gasteiger partial charge in [0.25, 0.3) is 0 Å². The maximum absolute atomic E-state index is 6.39. The molecule has 0 bridgehead atoms. The molecule has 2 rings (SSSR count). The molecule has 0 atom stereocenters. The van der Waals surface area contributed by atoms with E-state index < -0.39 is 0 Å². The molecule has 2 nitrogen and oxygen atoms in total. The lowest BCUT2D eigenvalue weighted by Gasteiger charge is -2.22. The molecule has 1 fully saturated rings. The van der Waals surface area contributed by atoms with Gasteiger partial charge in [0.15, 0.2) is 0 Å². The molecule has 0 aromatic heterocycles. The SMILES string of the molecule is CN(CC1CC1)c1ccc(CNC(C)(C)C)c(Cl)c1.